The van der Waals surface area contributed by atoms with E-state index in [1.807, 2.05) is 12.1 Å². The minimum atomic E-state index is -0.0794. The molecule has 0 N–H and O–H groups in total. The van der Waals surface area contributed by atoms with Crippen molar-refractivity contribution in [2.75, 3.05) is 0 Å². The fourth-order valence-corrected chi connectivity index (χ4v) is 2.13. The minimum absolute atomic E-state index is 0.0794. The quantitative estimate of drug-likeness (QED) is 0.783. The van der Waals surface area contributed by atoms with Gasteiger partial charge in [-0.15, -0.1) is 0 Å². The Hall–Kier alpha value is -1.38. The number of hydrogen-bond acceptors (Lipinski definition) is 2. The van der Waals surface area contributed by atoms with Gasteiger partial charge in [-0.2, -0.15) is 0 Å². The lowest BCUT2D eigenvalue weighted by Gasteiger charge is -2.04. The largest absolute Gasteiger partial charge is 0.294 e. The molecule has 0 bridgehead atoms. The number of aryl methyl sites for hydroxylation is 1. The molecule has 0 fully saturated rings. The predicted octanol–water partition coefficient (Wildman–Crippen LogP) is 4.38. The maximum Gasteiger partial charge on any atom is 0.170 e. The van der Waals surface area contributed by atoms with Crippen LogP contribution in [0.3, 0.4) is 0 Å². The molecule has 98 valence electrons. The number of Topliss-reactive ketones (excluding diaryl/α,β-unsaturated/α-hetero) is 1. The number of nitrogens with zero attached hydrogens (tertiary/aromatic N) is 1. The van der Waals surface area contributed by atoms with Gasteiger partial charge in [0.25, 0.3) is 0 Å². The Morgan fingerprint density at radius 2 is 2.00 bits per heavy atom. The molecule has 0 saturated carbocycles. The van der Waals surface area contributed by atoms with Crippen molar-refractivity contribution >= 4 is 29.0 Å². The molecule has 0 radical (unpaired) electrons. The smallest absolute Gasteiger partial charge is 0.170 e. The van der Waals surface area contributed by atoms with Gasteiger partial charge in [0.2, 0.25) is 0 Å². The van der Waals surface area contributed by atoms with Gasteiger partial charge in [0, 0.05) is 22.5 Å². The average molecular weight is 294 g/mol. The molecule has 1 heterocycles. The Bertz CT molecular complexity index is 594. The van der Waals surface area contributed by atoms with Crippen LogP contribution in [0.5, 0.6) is 0 Å². The van der Waals surface area contributed by atoms with Gasteiger partial charge in [-0.25, -0.2) is 0 Å². The standard InChI is InChI=1S/C15H13Cl2NO/c1-2-10-3-5-12(18-9-10)8-15(19)13-7-11(16)4-6-14(13)17/h3-7,9H,2,8H2,1H3. The van der Waals surface area contributed by atoms with E-state index < -0.39 is 0 Å². The summed E-state index contributed by atoms with van der Waals surface area (Å²) in [6, 6.07) is 8.73. The van der Waals surface area contributed by atoms with Crippen molar-refractivity contribution in [2.45, 2.75) is 19.8 Å². The van der Waals surface area contributed by atoms with Gasteiger partial charge in [0.05, 0.1) is 11.4 Å². The van der Waals surface area contributed by atoms with Crippen LogP contribution < -0.4 is 0 Å². The molecular weight excluding hydrogens is 281 g/mol. The molecule has 4 heteroatoms. The molecule has 2 aromatic rings. The molecule has 19 heavy (non-hydrogen) atoms. The first-order valence-electron chi connectivity index (χ1n) is 6.02. The molecule has 1 aromatic heterocycles. The summed E-state index contributed by atoms with van der Waals surface area (Å²) in [5.41, 5.74) is 2.32. The SMILES string of the molecule is CCc1ccc(CC(=O)c2cc(Cl)ccc2Cl)nc1. The third-order valence-corrected chi connectivity index (χ3v) is 3.43. The van der Waals surface area contributed by atoms with E-state index in [1.165, 1.54) is 0 Å². The number of carbonyl (C=O) groups is 1. The number of hydrogen-bond donors (Lipinski definition) is 0. The van der Waals surface area contributed by atoms with Gasteiger partial charge in [-0.3, -0.25) is 9.78 Å². The summed E-state index contributed by atoms with van der Waals surface area (Å²) in [4.78, 5) is 16.4. The summed E-state index contributed by atoms with van der Waals surface area (Å²) in [5.74, 6) is -0.0794. The maximum absolute atomic E-state index is 12.2. The van der Waals surface area contributed by atoms with Crippen LogP contribution in [0, 0.1) is 0 Å². The molecule has 0 aliphatic carbocycles. The van der Waals surface area contributed by atoms with Crippen molar-refractivity contribution in [3.05, 3.63) is 63.4 Å². The molecule has 1 aromatic carbocycles. The summed E-state index contributed by atoms with van der Waals surface area (Å²) in [7, 11) is 0. The van der Waals surface area contributed by atoms with Gasteiger partial charge in [-0.1, -0.05) is 36.2 Å². The Morgan fingerprint density at radius 3 is 2.63 bits per heavy atom. The second-order valence-corrected chi connectivity index (χ2v) is 5.08. The number of benzene rings is 1. The fourth-order valence-electron chi connectivity index (χ4n) is 1.74. The van der Waals surface area contributed by atoms with Crippen LogP contribution in [0.4, 0.5) is 0 Å². The number of carbonyl (C=O) groups excluding carboxylic acids is 1. The normalized spacial score (nSPS) is 10.5. The first kappa shape index (κ1) is 14.0. The first-order valence-corrected chi connectivity index (χ1v) is 6.77. The third-order valence-electron chi connectivity index (χ3n) is 2.86. The summed E-state index contributed by atoms with van der Waals surface area (Å²) < 4.78 is 0. The van der Waals surface area contributed by atoms with E-state index in [9.17, 15) is 4.79 Å². The zero-order chi connectivity index (χ0) is 13.8. The first-order chi connectivity index (χ1) is 9.10. The van der Waals surface area contributed by atoms with Crippen molar-refractivity contribution in [3.8, 4) is 0 Å². The molecule has 0 atom stereocenters. The highest BCUT2D eigenvalue weighted by Crippen LogP contribution is 2.22. The van der Waals surface area contributed by atoms with Gasteiger partial charge >= 0.3 is 0 Å². The second-order valence-electron chi connectivity index (χ2n) is 4.24. The second kappa shape index (κ2) is 6.18. The van der Waals surface area contributed by atoms with Gasteiger partial charge in [0.15, 0.2) is 5.78 Å². The van der Waals surface area contributed by atoms with Crippen LogP contribution in [0.25, 0.3) is 0 Å². The molecule has 0 amide bonds. The lowest BCUT2D eigenvalue weighted by atomic mass is 10.1. The van der Waals surface area contributed by atoms with E-state index in [0.29, 0.717) is 15.6 Å². The van der Waals surface area contributed by atoms with E-state index in [-0.39, 0.29) is 12.2 Å². The molecule has 2 nitrogen and oxygen atoms in total. The van der Waals surface area contributed by atoms with Gasteiger partial charge < -0.3 is 0 Å². The minimum Gasteiger partial charge on any atom is -0.294 e. The molecule has 2 rings (SSSR count). The predicted molar refractivity (Wildman–Crippen MR) is 78.1 cm³/mol. The van der Waals surface area contributed by atoms with E-state index in [1.54, 1.807) is 24.4 Å². The molecular formula is C15H13Cl2NO. The van der Waals surface area contributed by atoms with E-state index in [4.69, 9.17) is 23.2 Å². The van der Waals surface area contributed by atoms with Gasteiger partial charge in [-0.05, 0) is 36.2 Å². The fraction of sp³-hybridized carbons (Fsp3) is 0.200. The molecule has 0 spiro atoms. The Balaban J connectivity index is 2.18. The third kappa shape index (κ3) is 3.55. The van der Waals surface area contributed by atoms with E-state index in [2.05, 4.69) is 11.9 Å². The Labute approximate surface area is 122 Å². The molecule has 0 aliphatic rings. The lowest BCUT2D eigenvalue weighted by molar-refractivity contribution is 0.0992. The summed E-state index contributed by atoms with van der Waals surface area (Å²) in [6.07, 6.45) is 2.95. The van der Waals surface area contributed by atoms with E-state index in [0.717, 1.165) is 17.7 Å². The monoisotopic (exact) mass is 293 g/mol. The molecule has 0 unspecified atom stereocenters. The zero-order valence-corrected chi connectivity index (χ0v) is 12.0. The summed E-state index contributed by atoms with van der Waals surface area (Å²) in [5, 5.41) is 0.918. The van der Waals surface area contributed by atoms with Crippen LogP contribution in [-0.4, -0.2) is 10.8 Å². The number of pyridine rings is 1. The highest BCUT2D eigenvalue weighted by molar-refractivity contribution is 6.35. The van der Waals surface area contributed by atoms with Crippen molar-refractivity contribution < 1.29 is 4.79 Å². The number of aromatic nitrogens is 1. The number of ketones is 1. The summed E-state index contributed by atoms with van der Waals surface area (Å²) >= 11 is 11.9. The topological polar surface area (TPSA) is 30.0 Å². The van der Waals surface area contributed by atoms with Crippen LogP contribution in [0.1, 0.15) is 28.5 Å². The Morgan fingerprint density at radius 1 is 1.21 bits per heavy atom. The molecule has 0 saturated heterocycles. The zero-order valence-electron chi connectivity index (χ0n) is 10.5. The lowest BCUT2D eigenvalue weighted by Crippen LogP contribution is -2.06. The average Bonchev–Trinajstić information content (AvgIpc) is 2.42. The van der Waals surface area contributed by atoms with Crippen LogP contribution in [0.15, 0.2) is 36.5 Å². The highest BCUT2D eigenvalue weighted by Gasteiger charge is 2.12. The van der Waals surface area contributed by atoms with Crippen LogP contribution in [0.2, 0.25) is 10.0 Å². The summed E-state index contributed by atoms with van der Waals surface area (Å²) in [6.45, 7) is 2.06. The van der Waals surface area contributed by atoms with Crippen molar-refractivity contribution in [1.29, 1.82) is 0 Å². The van der Waals surface area contributed by atoms with Gasteiger partial charge in [0.1, 0.15) is 0 Å². The Kier molecular flexibility index (Phi) is 4.56. The van der Waals surface area contributed by atoms with E-state index >= 15 is 0 Å². The molecule has 0 aliphatic heterocycles. The van der Waals surface area contributed by atoms with Crippen molar-refractivity contribution in [3.63, 3.8) is 0 Å². The van der Waals surface area contributed by atoms with Crippen molar-refractivity contribution in [1.82, 2.24) is 4.98 Å². The van der Waals surface area contributed by atoms with Crippen LogP contribution >= 0.6 is 23.2 Å². The van der Waals surface area contributed by atoms with Crippen molar-refractivity contribution in [2.24, 2.45) is 0 Å². The van der Waals surface area contributed by atoms with Crippen LogP contribution in [-0.2, 0) is 12.8 Å². The maximum atomic E-state index is 12.2. The highest BCUT2D eigenvalue weighted by atomic mass is 35.5. The number of rotatable bonds is 4. The number of halogens is 2.